The van der Waals surface area contributed by atoms with E-state index in [2.05, 4.69) is 45.5 Å². The Balaban J connectivity index is 2.36. The summed E-state index contributed by atoms with van der Waals surface area (Å²) in [6, 6.07) is 5.18. The van der Waals surface area contributed by atoms with Gasteiger partial charge in [-0.1, -0.05) is 26.8 Å². The summed E-state index contributed by atoms with van der Waals surface area (Å²) in [6.45, 7) is 7.10. The van der Waals surface area contributed by atoms with Gasteiger partial charge >= 0.3 is 0 Å². The third-order valence-electron chi connectivity index (χ3n) is 3.06. The molecule has 1 unspecified atom stereocenters. The smallest absolute Gasteiger partial charge is 0.137 e. The standard InChI is InChI=1S/C15H18BrFN2S/c1-4-18-14(10-5-6-11(16)12(17)7-10)15-19-13(8-20-15)9(2)3/h5-9,14,18H,4H2,1-3H3. The number of hydrogen-bond donors (Lipinski definition) is 1. The Hall–Kier alpha value is -0.780. The van der Waals surface area contributed by atoms with Gasteiger partial charge in [0.2, 0.25) is 0 Å². The lowest BCUT2D eigenvalue weighted by atomic mass is 10.1. The van der Waals surface area contributed by atoms with E-state index in [4.69, 9.17) is 0 Å². The van der Waals surface area contributed by atoms with E-state index in [0.29, 0.717) is 10.4 Å². The molecule has 2 nitrogen and oxygen atoms in total. The molecule has 0 aliphatic rings. The molecule has 2 aromatic rings. The van der Waals surface area contributed by atoms with Crippen LogP contribution >= 0.6 is 27.3 Å². The summed E-state index contributed by atoms with van der Waals surface area (Å²) in [5.74, 6) is 0.162. The predicted molar refractivity (Wildman–Crippen MR) is 85.8 cm³/mol. The van der Waals surface area contributed by atoms with E-state index in [1.165, 1.54) is 0 Å². The zero-order valence-electron chi connectivity index (χ0n) is 11.8. The lowest BCUT2D eigenvalue weighted by Gasteiger charge is -2.16. The number of halogens is 2. The van der Waals surface area contributed by atoms with Gasteiger partial charge in [-0.3, -0.25) is 0 Å². The zero-order valence-corrected chi connectivity index (χ0v) is 14.2. The quantitative estimate of drug-likeness (QED) is 0.826. The van der Waals surface area contributed by atoms with Crippen molar-refractivity contribution < 1.29 is 4.39 Å². The Morgan fingerprint density at radius 2 is 2.15 bits per heavy atom. The lowest BCUT2D eigenvalue weighted by Crippen LogP contribution is -2.22. The summed E-state index contributed by atoms with van der Waals surface area (Å²) in [4.78, 5) is 4.68. The molecule has 0 radical (unpaired) electrons. The zero-order chi connectivity index (χ0) is 14.7. The van der Waals surface area contributed by atoms with Gasteiger partial charge in [0.15, 0.2) is 0 Å². The molecule has 1 heterocycles. The summed E-state index contributed by atoms with van der Waals surface area (Å²) in [6.07, 6.45) is 0. The van der Waals surface area contributed by atoms with E-state index >= 15 is 0 Å². The van der Waals surface area contributed by atoms with Crippen molar-refractivity contribution >= 4 is 27.3 Å². The van der Waals surface area contributed by atoms with Gasteiger partial charge in [0.25, 0.3) is 0 Å². The van der Waals surface area contributed by atoms with Crippen LogP contribution in [0.1, 0.15) is 49.0 Å². The van der Waals surface area contributed by atoms with Gasteiger partial charge in [-0.2, -0.15) is 0 Å². The number of nitrogens with zero attached hydrogens (tertiary/aromatic N) is 1. The summed E-state index contributed by atoms with van der Waals surface area (Å²) in [7, 11) is 0. The minimum atomic E-state index is -0.244. The molecule has 0 saturated heterocycles. The van der Waals surface area contributed by atoms with Crippen LogP contribution in [0.3, 0.4) is 0 Å². The molecule has 1 atom stereocenters. The predicted octanol–water partition coefficient (Wildman–Crippen LogP) is 4.87. The van der Waals surface area contributed by atoms with Gasteiger partial charge in [0.1, 0.15) is 10.8 Å². The minimum absolute atomic E-state index is 0.0555. The summed E-state index contributed by atoms with van der Waals surface area (Å²) in [5, 5.41) is 6.45. The van der Waals surface area contributed by atoms with Crippen molar-refractivity contribution in [1.82, 2.24) is 10.3 Å². The molecule has 108 valence electrons. The van der Waals surface area contributed by atoms with Gasteiger partial charge in [-0.15, -0.1) is 11.3 Å². The molecule has 0 aliphatic carbocycles. The van der Waals surface area contributed by atoms with Crippen molar-refractivity contribution in [3.8, 4) is 0 Å². The van der Waals surface area contributed by atoms with Gasteiger partial charge in [0, 0.05) is 5.38 Å². The molecule has 1 aromatic heterocycles. The van der Waals surface area contributed by atoms with E-state index in [0.717, 1.165) is 22.8 Å². The third-order valence-corrected chi connectivity index (χ3v) is 4.63. The largest absolute Gasteiger partial charge is 0.305 e. The lowest BCUT2D eigenvalue weighted by molar-refractivity contribution is 0.596. The molecule has 0 saturated carbocycles. The third kappa shape index (κ3) is 3.45. The normalized spacial score (nSPS) is 12.9. The van der Waals surface area contributed by atoms with Crippen molar-refractivity contribution in [2.45, 2.75) is 32.7 Å². The first-order valence-corrected chi connectivity index (χ1v) is 8.33. The number of aromatic nitrogens is 1. The molecule has 5 heteroatoms. The average Bonchev–Trinajstić information content (AvgIpc) is 2.89. The maximum Gasteiger partial charge on any atom is 0.137 e. The van der Waals surface area contributed by atoms with Crippen molar-refractivity contribution in [2.75, 3.05) is 6.54 Å². The van der Waals surface area contributed by atoms with Crippen molar-refractivity contribution in [3.05, 3.63) is 50.1 Å². The average molecular weight is 357 g/mol. The minimum Gasteiger partial charge on any atom is -0.305 e. The van der Waals surface area contributed by atoms with E-state index < -0.39 is 0 Å². The van der Waals surface area contributed by atoms with Crippen LogP contribution in [0.25, 0.3) is 0 Å². The van der Waals surface area contributed by atoms with Gasteiger partial charge in [0.05, 0.1) is 16.2 Å². The molecule has 1 aromatic carbocycles. The Labute approximate surface area is 131 Å². The second-order valence-corrected chi connectivity index (χ2v) is 6.67. The van der Waals surface area contributed by atoms with E-state index in [1.807, 2.05) is 13.0 Å². The number of thiazole rings is 1. The van der Waals surface area contributed by atoms with Crippen LogP contribution < -0.4 is 5.32 Å². The first-order valence-electron chi connectivity index (χ1n) is 6.66. The molecule has 0 bridgehead atoms. The van der Waals surface area contributed by atoms with Crippen LogP contribution in [-0.4, -0.2) is 11.5 Å². The number of hydrogen-bond acceptors (Lipinski definition) is 3. The molecule has 0 spiro atoms. The molecular weight excluding hydrogens is 339 g/mol. The highest BCUT2D eigenvalue weighted by Crippen LogP contribution is 2.29. The van der Waals surface area contributed by atoms with E-state index in [-0.39, 0.29) is 11.9 Å². The number of nitrogens with one attached hydrogen (secondary N) is 1. The van der Waals surface area contributed by atoms with E-state index in [9.17, 15) is 4.39 Å². The fraction of sp³-hybridized carbons (Fsp3) is 0.400. The molecule has 0 fully saturated rings. The fourth-order valence-corrected chi connectivity index (χ4v) is 3.27. The first-order chi connectivity index (χ1) is 9.52. The summed E-state index contributed by atoms with van der Waals surface area (Å²) >= 11 is 4.81. The summed E-state index contributed by atoms with van der Waals surface area (Å²) < 4.78 is 14.2. The van der Waals surface area contributed by atoms with Crippen LogP contribution in [0.5, 0.6) is 0 Å². The monoisotopic (exact) mass is 356 g/mol. The van der Waals surface area contributed by atoms with Gasteiger partial charge in [-0.25, -0.2) is 9.37 Å². The van der Waals surface area contributed by atoms with Crippen molar-refractivity contribution in [3.63, 3.8) is 0 Å². The first kappa shape index (κ1) is 15.6. The molecule has 0 amide bonds. The molecule has 0 aliphatic heterocycles. The van der Waals surface area contributed by atoms with Crippen molar-refractivity contribution in [1.29, 1.82) is 0 Å². The van der Waals surface area contributed by atoms with Crippen LogP contribution in [-0.2, 0) is 0 Å². The maximum absolute atomic E-state index is 13.7. The Morgan fingerprint density at radius 1 is 1.40 bits per heavy atom. The highest BCUT2D eigenvalue weighted by molar-refractivity contribution is 9.10. The van der Waals surface area contributed by atoms with Gasteiger partial charge in [-0.05, 0) is 46.1 Å². The maximum atomic E-state index is 13.7. The molecule has 2 rings (SSSR count). The van der Waals surface area contributed by atoms with Crippen LogP contribution in [0.15, 0.2) is 28.1 Å². The van der Waals surface area contributed by atoms with Crippen molar-refractivity contribution in [2.24, 2.45) is 0 Å². The number of rotatable bonds is 5. The Morgan fingerprint density at radius 3 is 2.70 bits per heavy atom. The Bertz CT molecular complexity index is 583. The van der Waals surface area contributed by atoms with Gasteiger partial charge < -0.3 is 5.32 Å². The highest BCUT2D eigenvalue weighted by Gasteiger charge is 2.18. The fourth-order valence-electron chi connectivity index (χ4n) is 1.94. The highest BCUT2D eigenvalue weighted by atomic mass is 79.9. The van der Waals surface area contributed by atoms with Crippen LogP contribution in [0, 0.1) is 5.82 Å². The SMILES string of the molecule is CCNC(c1ccc(Br)c(F)c1)c1nc(C(C)C)cs1. The molecule has 1 N–H and O–H groups in total. The Kier molecular flexibility index (Phi) is 5.29. The van der Waals surface area contributed by atoms with E-state index in [1.54, 1.807) is 23.5 Å². The summed E-state index contributed by atoms with van der Waals surface area (Å²) in [5.41, 5.74) is 1.99. The second-order valence-electron chi connectivity index (χ2n) is 4.93. The second kappa shape index (κ2) is 6.78. The van der Waals surface area contributed by atoms with Crippen LogP contribution in [0.2, 0.25) is 0 Å². The number of benzene rings is 1. The molecular formula is C15H18BrFN2S. The van der Waals surface area contributed by atoms with Crippen LogP contribution in [0.4, 0.5) is 4.39 Å². The topological polar surface area (TPSA) is 24.9 Å². The molecule has 20 heavy (non-hydrogen) atoms.